The van der Waals surface area contributed by atoms with Gasteiger partial charge in [-0.25, -0.2) is 18.7 Å². The van der Waals surface area contributed by atoms with E-state index in [-0.39, 0.29) is 23.8 Å². The third-order valence-corrected chi connectivity index (χ3v) is 6.75. The SMILES string of the molecule is CC(C)Sc1ccc(C(=O)N(CCCn2ccnc2)c2nc3c(F)cc(F)cc3s2)cc1.Cl. The van der Waals surface area contributed by atoms with E-state index in [4.69, 9.17) is 0 Å². The number of amides is 1. The number of carbonyl (C=O) groups excluding carboxylic acids is 1. The van der Waals surface area contributed by atoms with Crippen LogP contribution < -0.4 is 4.90 Å². The van der Waals surface area contributed by atoms with Crippen LogP contribution in [0.15, 0.2) is 60.0 Å². The number of benzene rings is 2. The molecule has 0 atom stereocenters. The highest BCUT2D eigenvalue weighted by molar-refractivity contribution is 7.99. The second-order valence-electron chi connectivity index (χ2n) is 7.53. The minimum absolute atomic E-state index is 0. The Bertz CT molecular complexity index is 1210. The molecule has 0 N–H and O–H groups in total. The number of imidazole rings is 1. The highest BCUT2D eigenvalue weighted by Crippen LogP contribution is 2.32. The molecule has 0 bridgehead atoms. The predicted octanol–water partition coefficient (Wildman–Crippen LogP) is 6.43. The normalized spacial score (nSPS) is 11.1. The van der Waals surface area contributed by atoms with Gasteiger partial charge in [0.05, 0.1) is 11.0 Å². The molecule has 2 aromatic carbocycles. The zero-order valence-electron chi connectivity index (χ0n) is 18.1. The molecule has 0 saturated carbocycles. The first kappa shape index (κ1) is 25.1. The fourth-order valence-electron chi connectivity index (χ4n) is 3.28. The monoisotopic (exact) mass is 508 g/mol. The van der Waals surface area contributed by atoms with E-state index >= 15 is 0 Å². The summed E-state index contributed by atoms with van der Waals surface area (Å²) in [5, 5.41) is 0.787. The fraction of sp³-hybridized carbons (Fsp3) is 0.261. The highest BCUT2D eigenvalue weighted by Gasteiger charge is 2.22. The van der Waals surface area contributed by atoms with Crippen molar-refractivity contribution >= 4 is 56.8 Å². The summed E-state index contributed by atoms with van der Waals surface area (Å²) in [5.41, 5.74) is 0.592. The van der Waals surface area contributed by atoms with Crippen molar-refractivity contribution in [1.29, 1.82) is 0 Å². The number of aryl methyl sites for hydroxylation is 1. The van der Waals surface area contributed by atoms with Crippen LogP contribution in [0.25, 0.3) is 10.2 Å². The number of hydrogen-bond acceptors (Lipinski definition) is 5. The molecule has 0 aliphatic carbocycles. The van der Waals surface area contributed by atoms with E-state index in [9.17, 15) is 13.6 Å². The van der Waals surface area contributed by atoms with Gasteiger partial charge in [-0.3, -0.25) is 9.69 Å². The van der Waals surface area contributed by atoms with Crippen LogP contribution in [-0.4, -0.2) is 32.2 Å². The van der Waals surface area contributed by atoms with Gasteiger partial charge in [-0.05, 0) is 36.8 Å². The number of hydrogen-bond donors (Lipinski definition) is 0. The molecule has 0 aliphatic rings. The van der Waals surface area contributed by atoms with Crippen molar-refractivity contribution in [2.75, 3.05) is 11.4 Å². The maximum Gasteiger partial charge on any atom is 0.260 e. The van der Waals surface area contributed by atoms with Crippen LogP contribution in [0.1, 0.15) is 30.6 Å². The van der Waals surface area contributed by atoms with Crippen molar-refractivity contribution in [2.45, 2.75) is 37.0 Å². The Kier molecular flexibility index (Phi) is 8.45. The largest absolute Gasteiger partial charge is 0.337 e. The van der Waals surface area contributed by atoms with Gasteiger partial charge in [0.25, 0.3) is 5.91 Å². The third-order valence-electron chi connectivity index (χ3n) is 4.71. The molecule has 0 unspecified atom stereocenters. The number of carbonyl (C=O) groups is 1. The molecule has 10 heteroatoms. The predicted molar refractivity (Wildman–Crippen MR) is 133 cm³/mol. The molecule has 0 spiro atoms. The molecule has 33 heavy (non-hydrogen) atoms. The summed E-state index contributed by atoms with van der Waals surface area (Å²) in [4.78, 5) is 24.4. The molecular weight excluding hydrogens is 486 g/mol. The van der Waals surface area contributed by atoms with Gasteiger partial charge in [0.2, 0.25) is 0 Å². The van der Waals surface area contributed by atoms with Gasteiger partial charge in [-0.1, -0.05) is 25.2 Å². The van der Waals surface area contributed by atoms with E-state index in [1.807, 2.05) is 22.9 Å². The van der Waals surface area contributed by atoms with Crippen LogP contribution >= 0.6 is 35.5 Å². The van der Waals surface area contributed by atoms with E-state index in [2.05, 4.69) is 23.8 Å². The molecule has 2 heterocycles. The van der Waals surface area contributed by atoms with Crippen LogP contribution in [0.5, 0.6) is 0 Å². The van der Waals surface area contributed by atoms with Crippen molar-refractivity contribution in [3.63, 3.8) is 0 Å². The smallest absolute Gasteiger partial charge is 0.260 e. The molecule has 4 rings (SSSR count). The van der Waals surface area contributed by atoms with Gasteiger partial charge in [0.1, 0.15) is 11.3 Å². The number of fused-ring (bicyclic) bond motifs is 1. The first-order valence-corrected chi connectivity index (χ1v) is 11.9. The minimum Gasteiger partial charge on any atom is -0.337 e. The van der Waals surface area contributed by atoms with Gasteiger partial charge >= 0.3 is 0 Å². The van der Waals surface area contributed by atoms with Crippen molar-refractivity contribution in [2.24, 2.45) is 0 Å². The van der Waals surface area contributed by atoms with E-state index in [1.54, 1.807) is 41.3 Å². The van der Waals surface area contributed by atoms with Gasteiger partial charge < -0.3 is 4.57 Å². The van der Waals surface area contributed by atoms with E-state index in [0.29, 0.717) is 40.2 Å². The number of aromatic nitrogens is 3. The Morgan fingerprint density at radius 2 is 1.97 bits per heavy atom. The zero-order valence-corrected chi connectivity index (χ0v) is 20.5. The topological polar surface area (TPSA) is 51.0 Å². The molecule has 0 radical (unpaired) electrons. The maximum absolute atomic E-state index is 14.2. The van der Waals surface area contributed by atoms with Crippen molar-refractivity contribution in [1.82, 2.24) is 14.5 Å². The van der Waals surface area contributed by atoms with Crippen LogP contribution in [0.4, 0.5) is 13.9 Å². The lowest BCUT2D eigenvalue weighted by Gasteiger charge is -2.20. The third kappa shape index (κ3) is 6.10. The first-order valence-electron chi connectivity index (χ1n) is 10.2. The summed E-state index contributed by atoms with van der Waals surface area (Å²) in [6.07, 6.45) is 5.92. The lowest BCUT2D eigenvalue weighted by molar-refractivity contribution is 0.0986. The Morgan fingerprint density at radius 1 is 1.21 bits per heavy atom. The number of rotatable bonds is 8. The molecule has 0 fully saturated rings. The van der Waals surface area contributed by atoms with Gasteiger partial charge in [0, 0.05) is 47.3 Å². The number of thioether (sulfide) groups is 1. The molecule has 4 aromatic rings. The summed E-state index contributed by atoms with van der Waals surface area (Å²) < 4.78 is 30.2. The summed E-state index contributed by atoms with van der Waals surface area (Å²) in [7, 11) is 0. The second kappa shape index (κ2) is 11.1. The molecule has 0 aliphatic heterocycles. The van der Waals surface area contributed by atoms with Crippen LogP contribution in [-0.2, 0) is 6.54 Å². The average Bonchev–Trinajstić information content (AvgIpc) is 3.41. The molecule has 2 aromatic heterocycles. The van der Waals surface area contributed by atoms with Gasteiger partial charge in [-0.2, -0.15) is 0 Å². The van der Waals surface area contributed by atoms with Crippen LogP contribution in [0, 0.1) is 11.6 Å². The lowest BCUT2D eigenvalue weighted by atomic mass is 10.2. The zero-order chi connectivity index (χ0) is 22.7. The van der Waals surface area contributed by atoms with Gasteiger partial charge in [-0.15, -0.1) is 24.2 Å². The second-order valence-corrected chi connectivity index (χ2v) is 10.2. The molecule has 0 saturated heterocycles. The van der Waals surface area contributed by atoms with E-state index < -0.39 is 11.6 Å². The fourth-order valence-corrected chi connectivity index (χ4v) is 5.15. The average molecular weight is 509 g/mol. The molecular formula is C23H23ClF2N4OS2. The number of anilines is 1. The number of nitrogens with zero attached hydrogens (tertiary/aromatic N) is 4. The molecule has 5 nitrogen and oxygen atoms in total. The van der Waals surface area contributed by atoms with Crippen LogP contribution in [0.3, 0.4) is 0 Å². The van der Waals surface area contributed by atoms with E-state index in [1.165, 1.54) is 6.07 Å². The first-order chi connectivity index (χ1) is 15.4. The summed E-state index contributed by atoms with van der Waals surface area (Å²) >= 11 is 2.83. The minimum atomic E-state index is -0.733. The Balaban J connectivity index is 0.00000306. The van der Waals surface area contributed by atoms with Crippen LogP contribution in [0.2, 0.25) is 0 Å². The summed E-state index contributed by atoms with van der Waals surface area (Å²) in [5.74, 6) is -1.62. The summed E-state index contributed by atoms with van der Waals surface area (Å²) in [6, 6.07) is 9.49. The van der Waals surface area contributed by atoms with Gasteiger partial charge in [0.15, 0.2) is 10.9 Å². The molecule has 1 amide bonds. The highest BCUT2D eigenvalue weighted by atomic mass is 35.5. The molecule has 174 valence electrons. The Labute approximate surface area is 205 Å². The number of thiazole rings is 1. The quantitative estimate of drug-likeness (QED) is 0.257. The summed E-state index contributed by atoms with van der Waals surface area (Å²) in [6.45, 7) is 5.27. The maximum atomic E-state index is 14.2. The van der Waals surface area contributed by atoms with Crippen molar-refractivity contribution in [3.8, 4) is 0 Å². The van der Waals surface area contributed by atoms with Crippen molar-refractivity contribution in [3.05, 3.63) is 72.3 Å². The lowest BCUT2D eigenvalue weighted by Crippen LogP contribution is -2.32. The van der Waals surface area contributed by atoms with E-state index in [0.717, 1.165) is 22.3 Å². The standard InChI is InChI=1S/C23H22F2N4OS2.ClH/c1-15(2)31-18-6-4-16(5-7-18)22(30)29(10-3-9-28-11-8-26-14-28)23-27-21-19(25)12-17(24)13-20(21)32-23;/h4-8,11-15H,3,9-10H2,1-2H3;1H. The number of halogens is 3. The Hall–Kier alpha value is -2.49. The van der Waals surface area contributed by atoms with Crippen molar-refractivity contribution < 1.29 is 13.6 Å². The Morgan fingerprint density at radius 3 is 2.64 bits per heavy atom.